The van der Waals surface area contributed by atoms with Crippen molar-refractivity contribution in [2.24, 2.45) is 0 Å². The molecule has 0 saturated carbocycles. The lowest BCUT2D eigenvalue weighted by Crippen LogP contribution is -2.01. The summed E-state index contributed by atoms with van der Waals surface area (Å²) in [6.07, 6.45) is 0.767. The molecule has 0 bridgehead atoms. The summed E-state index contributed by atoms with van der Waals surface area (Å²) in [5.74, 6) is 2.85. The van der Waals surface area contributed by atoms with Crippen LogP contribution in [0.2, 0.25) is 0 Å². The molecule has 0 atom stereocenters. The predicted molar refractivity (Wildman–Crippen MR) is 85.0 cm³/mol. The maximum absolute atomic E-state index is 5.88. The summed E-state index contributed by atoms with van der Waals surface area (Å²) in [5, 5.41) is 5.37. The topological polar surface area (TPSA) is 47.0 Å². The first-order valence-corrected chi connectivity index (χ1v) is 7.01. The van der Waals surface area contributed by atoms with E-state index in [1.807, 2.05) is 44.3 Å². The number of rotatable bonds is 4. The number of hydrogen-bond acceptors (Lipinski definition) is 4. The van der Waals surface area contributed by atoms with Crippen LogP contribution in [0.5, 0.6) is 11.6 Å². The smallest absolute Gasteiger partial charge is 0.224 e. The molecule has 0 fully saturated rings. The summed E-state index contributed by atoms with van der Waals surface area (Å²) >= 11 is 0. The first-order valence-electron chi connectivity index (χ1n) is 7.01. The molecule has 3 aromatic rings. The molecule has 2 aromatic carbocycles. The zero-order valence-electron chi connectivity index (χ0n) is 12.1. The normalized spacial score (nSPS) is 10.6. The van der Waals surface area contributed by atoms with E-state index in [-0.39, 0.29) is 0 Å². The third-order valence-electron chi connectivity index (χ3n) is 3.26. The van der Waals surface area contributed by atoms with Crippen LogP contribution in [0, 0.1) is 0 Å². The van der Waals surface area contributed by atoms with Crippen molar-refractivity contribution in [2.75, 3.05) is 12.4 Å². The first kappa shape index (κ1) is 13.4. The van der Waals surface area contributed by atoms with Gasteiger partial charge in [0.25, 0.3) is 0 Å². The molecule has 0 aliphatic rings. The lowest BCUT2D eigenvalue weighted by molar-refractivity contribution is 0.460. The minimum atomic E-state index is 0.557. The minimum absolute atomic E-state index is 0.557. The average molecular weight is 279 g/mol. The van der Waals surface area contributed by atoms with Crippen molar-refractivity contribution in [3.63, 3.8) is 0 Å². The molecule has 106 valence electrons. The lowest BCUT2D eigenvalue weighted by Gasteiger charge is -2.09. The average Bonchev–Trinajstić information content (AvgIpc) is 2.54. The van der Waals surface area contributed by atoms with Crippen LogP contribution in [-0.4, -0.2) is 17.0 Å². The van der Waals surface area contributed by atoms with Crippen LogP contribution in [0.3, 0.4) is 0 Å². The Bertz CT molecular complexity index is 749. The Labute approximate surface area is 123 Å². The van der Waals surface area contributed by atoms with Crippen molar-refractivity contribution in [1.29, 1.82) is 0 Å². The third-order valence-corrected chi connectivity index (χ3v) is 3.26. The maximum atomic E-state index is 5.88. The Morgan fingerprint density at radius 2 is 1.81 bits per heavy atom. The van der Waals surface area contributed by atoms with Gasteiger partial charge in [-0.1, -0.05) is 37.3 Å². The lowest BCUT2D eigenvalue weighted by atomic mass is 10.1. The third kappa shape index (κ3) is 2.94. The number of nitrogens with one attached hydrogen (secondary N) is 1. The monoisotopic (exact) mass is 279 g/mol. The van der Waals surface area contributed by atoms with Crippen molar-refractivity contribution in [3.8, 4) is 11.6 Å². The van der Waals surface area contributed by atoms with Gasteiger partial charge in [0.2, 0.25) is 5.88 Å². The second-order valence-electron chi connectivity index (χ2n) is 4.72. The van der Waals surface area contributed by atoms with Gasteiger partial charge in [-0.15, -0.1) is 0 Å². The van der Waals surface area contributed by atoms with Crippen LogP contribution < -0.4 is 10.1 Å². The quantitative estimate of drug-likeness (QED) is 0.783. The molecule has 0 unspecified atom stereocenters. The van der Waals surface area contributed by atoms with Crippen molar-refractivity contribution in [3.05, 3.63) is 54.4 Å². The molecule has 0 radical (unpaired) electrons. The number of aryl methyl sites for hydroxylation is 1. The van der Waals surface area contributed by atoms with E-state index in [2.05, 4.69) is 27.4 Å². The second kappa shape index (κ2) is 5.79. The van der Waals surface area contributed by atoms with Gasteiger partial charge >= 0.3 is 0 Å². The Morgan fingerprint density at radius 3 is 2.57 bits per heavy atom. The minimum Gasteiger partial charge on any atom is -0.439 e. The fraction of sp³-hybridized carbons (Fsp3) is 0.176. The Balaban J connectivity index is 1.94. The first-order chi connectivity index (χ1) is 10.3. The van der Waals surface area contributed by atoms with Gasteiger partial charge in [0.05, 0.1) is 0 Å². The van der Waals surface area contributed by atoms with E-state index >= 15 is 0 Å². The Kier molecular flexibility index (Phi) is 3.69. The molecule has 0 spiro atoms. The summed E-state index contributed by atoms with van der Waals surface area (Å²) < 4.78 is 5.88. The van der Waals surface area contributed by atoms with Gasteiger partial charge in [0.15, 0.2) is 0 Å². The molecule has 1 N–H and O–H groups in total. The van der Waals surface area contributed by atoms with Crippen LogP contribution in [0.15, 0.2) is 48.5 Å². The molecule has 3 rings (SSSR count). The van der Waals surface area contributed by atoms with Crippen LogP contribution in [0.1, 0.15) is 12.7 Å². The number of aromatic nitrogens is 2. The van der Waals surface area contributed by atoms with Crippen molar-refractivity contribution < 1.29 is 4.74 Å². The summed E-state index contributed by atoms with van der Waals surface area (Å²) in [4.78, 5) is 8.76. The zero-order valence-corrected chi connectivity index (χ0v) is 12.1. The summed E-state index contributed by atoms with van der Waals surface area (Å²) in [6, 6.07) is 16.0. The zero-order chi connectivity index (χ0) is 14.7. The van der Waals surface area contributed by atoms with Gasteiger partial charge in [-0.25, -0.2) is 4.98 Å². The highest BCUT2D eigenvalue weighted by Gasteiger charge is 2.05. The van der Waals surface area contributed by atoms with E-state index in [0.29, 0.717) is 5.88 Å². The number of benzene rings is 2. The summed E-state index contributed by atoms with van der Waals surface area (Å²) in [5.41, 5.74) is 0. The molecule has 0 amide bonds. The van der Waals surface area contributed by atoms with E-state index < -0.39 is 0 Å². The molecule has 1 heterocycles. The van der Waals surface area contributed by atoms with Gasteiger partial charge < -0.3 is 10.1 Å². The fourth-order valence-electron chi connectivity index (χ4n) is 2.16. The molecule has 1 aromatic heterocycles. The predicted octanol–water partition coefficient (Wildman–Crippen LogP) is 4.03. The molecule has 0 aliphatic heterocycles. The Hall–Kier alpha value is -2.62. The second-order valence-corrected chi connectivity index (χ2v) is 4.72. The van der Waals surface area contributed by atoms with Gasteiger partial charge in [0.1, 0.15) is 17.4 Å². The molecule has 0 saturated heterocycles. The highest BCUT2D eigenvalue weighted by Crippen LogP contribution is 2.25. The number of nitrogens with zero attached hydrogens (tertiary/aromatic N) is 2. The fourth-order valence-corrected chi connectivity index (χ4v) is 2.16. The van der Waals surface area contributed by atoms with Crippen LogP contribution in [0.25, 0.3) is 10.8 Å². The van der Waals surface area contributed by atoms with Gasteiger partial charge in [0, 0.05) is 19.5 Å². The van der Waals surface area contributed by atoms with Gasteiger partial charge in [-0.05, 0) is 22.9 Å². The number of ether oxygens (including phenoxy) is 1. The maximum Gasteiger partial charge on any atom is 0.224 e. The van der Waals surface area contributed by atoms with Crippen LogP contribution in [-0.2, 0) is 6.42 Å². The molecular weight excluding hydrogens is 262 g/mol. The number of fused-ring (bicyclic) bond motifs is 1. The Morgan fingerprint density at radius 1 is 1.00 bits per heavy atom. The van der Waals surface area contributed by atoms with Crippen LogP contribution in [0.4, 0.5) is 5.82 Å². The number of anilines is 1. The molecule has 4 heteroatoms. The van der Waals surface area contributed by atoms with Crippen LogP contribution >= 0.6 is 0 Å². The van der Waals surface area contributed by atoms with Gasteiger partial charge in [-0.2, -0.15) is 4.98 Å². The van der Waals surface area contributed by atoms with E-state index in [1.54, 1.807) is 6.07 Å². The highest BCUT2D eigenvalue weighted by atomic mass is 16.5. The van der Waals surface area contributed by atoms with Crippen molar-refractivity contribution >= 4 is 16.6 Å². The van der Waals surface area contributed by atoms with Crippen molar-refractivity contribution in [1.82, 2.24) is 9.97 Å². The summed E-state index contributed by atoms with van der Waals surface area (Å²) in [7, 11) is 1.83. The standard InChI is InChI=1S/C17H17N3O/c1-3-15-19-16(18-2)11-17(20-15)21-14-9-8-12-6-4-5-7-13(12)10-14/h4-11H,3H2,1-2H3,(H,18,19,20). The van der Waals surface area contributed by atoms with E-state index in [1.165, 1.54) is 5.39 Å². The highest BCUT2D eigenvalue weighted by molar-refractivity contribution is 5.83. The molecule has 4 nitrogen and oxygen atoms in total. The van der Waals surface area contributed by atoms with E-state index in [9.17, 15) is 0 Å². The molecule has 21 heavy (non-hydrogen) atoms. The summed E-state index contributed by atoms with van der Waals surface area (Å²) in [6.45, 7) is 2.02. The molecular formula is C17H17N3O. The van der Waals surface area contributed by atoms with E-state index in [4.69, 9.17) is 4.74 Å². The van der Waals surface area contributed by atoms with Gasteiger partial charge in [-0.3, -0.25) is 0 Å². The van der Waals surface area contributed by atoms with Crippen molar-refractivity contribution in [2.45, 2.75) is 13.3 Å². The SMILES string of the molecule is CCc1nc(NC)cc(Oc2ccc3ccccc3c2)n1. The molecule has 0 aliphatic carbocycles. The largest absolute Gasteiger partial charge is 0.439 e. The number of hydrogen-bond donors (Lipinski definition) is 1. The van der Waals surface area contributed by atoms with E-state index in [0.717, 1.165) is 29.2 Å².